The van der Waals surface area contributed by atoms with Crippen LogP contribution in [-0.4, -0.2) is 12.0 Å². The first-order chi connectivity index (χ1) is 9.78. The SMILES string of the molecule is CN(Cc1ccco1)c1nc2c(cc1CN)CCCC2. The maximum atomic E-state index is 5.90. The second-order valence-corrected chi connectivity index (χ2v) is 5.42. The van der Waals surface area contributed by atoms with Gasteiger partial charge in [-0.1, -0.05) is 0 Å². The van der Waals surface area contributed by atoms with Crippen molar-refractivity contribution in [3.05, 3.63) is 47.0 Å². The number of furan rings is 1. The molecule has 4 nitrogen and oxygen atoms in total. The van der Waals surface area contributed by atoms with Crippen LogP contribution in [0.15, 0.2) is 28.9 Å². The number of nitrogens with zero attached hydrogens (tertiary/aromatic N) is 2. The second kappa shape index (κ2) is 5.67. The zero-order valence-corrected chi connectivity index (χ0v) is 11.9. The summed E-state index contributed by atoms with van der Waals surface area (Å²) < 4.78 is 5.41. The van der Waals surface area contributed by atoms with Gasteiger partial charge in [-0.2, -0.15) is 0 Å². The maximum Gasteiger partial charge on any atom is 0.133 e. The third-order valence-corrected chi connectivity index (χ3v) is 3.91. The number of nitrogens with two attached hydrogens (primary N) is 1. The highest BCUT2D eigenvalue weighted by atomic mass is 16.3. The predicted octanol–water partition coefficient (Wildman–Crippen LogP) is 2.65. The molecule has 0 saturated carbocycles. The molecule has 0 fully saturated rings. The van der Waals surface area contributed by atoms with E-state index >= 15 is 0 Å². The highest BCUT2D eigenvalue weighted by Crippen LogP contribution is 2.26. The minimum absolute atomic E-state index is 0.526. The fourth-order valence-electron chi connectivity index (χ4n) is 2.86. The van der Waals surface area contributed by atoms with Crippen molar-refractivity contribution >= 4 is 5.82 Å². The number of fused-ring (bicyclic) bond motifs is 1. The lowest BCUT2D eigenvalue weighted by Gasteiger charge is -2.24. The fourth-order valence-corrected chi connectivity index (χ4v) is 2.86. The van der Waals surface area contributed by atoms with Crippen molar-refractivity contribution in [1.29, 1.82) is 0 Å². The molecule has 2 aromatic rings. The van der Waals surface area contributed by atoms with Crippen LogP contribution in [0, 0.1) is 0 Å². The van der Waals surface area contributed by atoms with E-state index in [1.807, 2.05) is 19.2 Å². The van der Waals surface area contributed by atoms with Crippen LogP contribution in [0.4, 0.5) is 5.82 Å². The van der Waals surface area contributed by atoms with E-state index in [2.05, 4.69) is 11.0 Å². The Morgan fingerprint density at radius 3 is 2.95 bits per heavy atom. The molecule has 1 aliphatic rings. The molecule has 1 aliphatic carbocycles. The Hall–Kier alpha value is -1.81. The van der Waals surface area contributed by atoms with Crippen LogP contribution in [0.25, 0.3) is 0 Å². The first kappa shape index (κ1) is 13.2. The Bertz CT molecular complexity index is 578. The van der Waals surface area contributed by atoms with Crippen LogP contribution in [0.5, 0.6) is 0 Å². The Balaban J connectivity index is 1.90. The number of rotatable bonds is 4. The van der Waals surface area contributed by atoms with Crippen LogP contribution >= 0.6 is 0 Å². The minimum Gasteiger partial charge on any atom is -0.467 e. The van der Waals surface area contributed by atoms with Crippen molar-refractivity contribution in [3.8, 4) is 0 Å². The highest BCUT2D eigenvalue weighted by molar-refractivity contribution is 5.50. The normalized spacial score (nSPS) is 14.1. The van der Waals surface area contributed by atoms with Gasteiger partial charge in [0.05, 0.1) is 12.8 Å². The smallest absolute Gasteiger partial charge is 0.133 e. The zero-order chi connectivity index (χ0) is 13.9. The van der Waals surface area contributed by atoms with Crippen LogP contribution in [0.2, 0.25) is 0 Å². The Morgan fingerprint density at radius 1 is 1.35 bits per heavy atom. The lowest BCUT2D eigenvalue weighted by atomic mass is 9.94. The van der Waals surface area contributed by atoms with Gasteiger partial charge in [-0.05, 0) is 49.4 Å². The summed E-state index contributed by atoms with van der Waals surface area (Å²) >= 11 is 0. The van der Waals surface area contributed by atoms with E-state index in [9.17, 15) is 0 Å². The molecule has 0 spiro atoms. The quantitative estimate of drug-likeness (QED) is 0.928. The molecule has 2 N–H and O–H groups in total. The van der Waals surface area contributed by atoms with Crippen molar-refractivity contribution < 1.29 is 4.42 Å². The molecular formula is C16H21N3O. The van der Waals surface area contributed by atoms with Gasteiger partial charge in [0.15, 0.2) is 0 Å². The van der Waals surface area contributed by atoms with Crippen molar-refractivity contribution in [3.63, 3.8) is 0 Å². The predicted molar refractivity (Wildman–Crippen MR) is 79.6 cm³/mol. The van der Waals surface area contributed by atoms with Crippen LogP contribution in [0.3, 0.4) is 0 Å². The van der Waals surface area contributed by atoms with Crippen LogP contribution in [-0.2, 0) is 25.9 Å². The molecule has 0 saturated heterocycles. The summed E-state index contributed by atoms with van der Waals surface area (Å²) in [5.41, 5.74) is 9.66. The number of aryl methyl sites for hydroxylation is 2. The summed E-state index contributed by atoms with van der Waals surface area (Å²) in [5, 5.41) is 0. The molecule has 4 heteroatoms. The summed E-state index contributed by atoms with van der Waals surface area (Å²) in [5.74, 6) is 1.93. The largest absolute Gasteiger partial charge is 0.467 e. The molecular weight excluding hydrogens is 250 g/mol. The molecule has 2 aromatic heterocycles. The van der Waals surface area contributed by atoms with Gasteiger partial charge in [-0.3, -0.25) is 0 Å². The molecule has 0 aromatic carbocycles. The van der Waals surface area contributed by atoms with Crippen molar-refractivity contribution in [1.82, 2.24) is 4.98 Å². The lowest BCUT2D eigenvalue weighted by Crippen LogP contribution is -2.22. The molecule has 0 unspecified atom stereocenters. The van der Waals surface area contributed by atoms with Gasteiger partial charge >= 0.3 is 0 Å². The molecule has 20 heavy (non-hydrogen) atoms. The van der Waals surface area contributed by atoms with Gasteiger partial charge in [-0.25, -0.2) is 4.98 Å². The Kier molecular flexibility index (Phi) is 3.74. The summed E-state index contributed by atoms with van der Waals surface area (Å²) in [7, 11) is 2.04. The van der Waals surface area contributed by atoms with Gasteiger partial charge < -0.3 is 15.1 Å². The molecule has 0 bridgehead atoms. The first-order valence-electron chi connectivity index (χ1n) is 7.23. The zero-order valence-electron chi connectivity index (χ0n) is 11.9. The summed E-state index contributed by atoms with van der Waals surface area (Å²) in [6.45, 7) is 1.24. The van der Waals surface area contributed by atoms with Gasteiger partial charge in [0, 0.05) is 24.8 Å². The van der Waals surface area contributed by atoms with Gasteiger partial charge in [-0.15, -0.1) is 0 Å². The van der Waals surface area contributed by atoms with E-state index < -0.39 is 0 Å². The van der Waals surface area contributed by atoms with Crippen LogP contribution in [0.1, 0.15) is 35.4 Å². The lowest BCUT2D eigenvalue weighted by molar-refractivity contribution is 0.506. The van der Waals surface area contributed by atoms with E-state index in [-0.39, 0.29) is 0 Å². The molecule has 106 valence electrons. The van der Waals surface area contributed by atoms with E-state index in [1.54, 1.807) is 6.26 Å². The number of anilines is 1. The molecule has 0 amide bonds. The van der Waals surface area contributed by atoms with E-state index in [1.165, 1.54) is 24.1 Å². The van der Waals surface area contributed by atoms with Crippen molar-refractivity contribution in [2.75, 3.05) is 11.9 Å². The molecule has 0 radical (unpaired) electrons. The summed E-state index contributed by atoms with van der Waals surface area (Å²) in [4.78, 5) is 6.99. The second-order valence-electron chi connectivity index (χ2n) is 5.42. The van der Waals surface area contributed by atoms with Gasteiger partial charge in [0.25, 0.3) is 0 Å². The number of pyridine rings is 1. The number of hydrogen-bond acceptors (Lipinski definition) is 4. The third kappa shape index (κ3) is 2.56. The summed E-state index contributed by atoms with van der Waals surface area (Å²) in [6.07, 6.45) is 6.43. The molecule has 0 aliphatic heterocycles. The Morgan fingerprint density at radius 2 is 2.20 bits per heavy atom. The fraction of sp³-hybridized carbons (Fsp3) is 0.438. The summed E-state index contributed by atoms with van der Waals surface area (Å²) in [6, 6.07) is 6.14. The monoisotopic (exact) mass is 271 g/mol. The van der Waals surface area contributed by atoms with Crippen molar-refractivity contribution in [2.45, 2.75) is 38.8 Å². The number of hydrogen-bond donors (Lipinski definition) is 1. The molecule has 3 rings (SSSR count). The average molecular weight is 271 g/mol. The molecule has 2 heterocycles. The standard InChI is InChI=1S/C16H21N3O/c1-19(11-14-6-4-8-20-14)16-13(10-17)9-12-5-2-3-7-15(12)18-16/h4,6,8-9H,2-3,5,7,10-11,17H2,1H3. The first-order valence-corrected chi connectivity index (χ1v) is 7.23. The topological polar surface area (TPSA) is 55.3 Å². The van der Waals surface area contributed by atoms with E-state index in [0.29, 0.717) is 13.1 Å². The number of aromatic nitrogens is 1. The highest BCUT2D eigenvalue weighted by Gasteiger charge is 2.17. The van der Waals surface area contributed by atoms with E-state index in [0.717, 1.165) is 30.0 Å². The molecule has 0 atom stereocenters. The minimum atomic E-state index is 0.526. The van der Waals surface area contributed by atoms with Gasteiger partial charge in [0.2, 0.25) is 0 Å². The maximum absolute atomic E-state index is 5.90. The third-order valence-electron chi connectivity index (χ3n) is 3.91. The Labute approximate surface area is 119 Å². The van der Waals surface area contributed by atoms with Crippen LogP contribution < -0.4 is 10.6 Å². The van der Waals surface area contributed by atoms with Gasteiger partial charge in [0.1, 0.15) is 11.6 Å². The van der Waals surface area contributed by atoms with E-state index in [4.69, 9.17) is 15.1 Å². The average Bonchev–Trinajstić information content (AvgIpc) is 2.98. The van der Waals surface area contributed by atoms with Crippen molar-refractivity contribution in [2.24, 2.45) is 5.73 Å².